The zero-order valence-electron chi connectivity index (χ0n) is 17.7. The van der Waals surface area contributed by atoms with Gasteiger partial charge in [-0.3, -0.25) is 9.78 Å². The summed E-state index contributed by atoms with van der Waals surface area (Å²) in [5.41, 5.74) is 3.14. The van der Waals surface area contributed by atoms with E-state index in [9.17, 15) is 15.0 Å². The molecule has 3 rings (SSSR count). The number of rotatable bonds is 8. The molecule has 9 heteroatoms. The molecule has 0 spiro atoms. The first-order valence-electron chi connectivity index (χ1n) is 9.97. The molecule has 0 aromatic carbocycles. The average molecular weight is 422 g/mol. The predicted octanol–water partition coefficient (Wildman–Crippen LogP) is 2.19. The Morgan fingerprint density at radius 2 is 1.87 bits per heavy atom. The van der Waals surface area contributed by atoms with Crippen LogP contribution in [0.3, 0.4) is 0 Å². The van der Waals surface area contributed by atoms with Gasteiger partial charge in [0.05, 0.1) is 30.5 Å². The number of pyridine rings is 2. The van der Waals surface area contributed by atoms with Gasteiger partial charge < -0.3 is 20.8 Å². The molecule has 0 radical (unpaired) electrons. The molecule has 0 fully saturated rings. The Balaban J connectivity index is 1.98. The summed E-state index contributed by atoms with van der Waals surface area (Å²) in [6.45, 7) is 5.21. The lowest BCUT2D eigenvalue weighted by molar-refractivity contribution is 0.0880. The van der Waals surface area contributed by atoms with Crippen molar-refractivity contribution in [2.24, 2.45) is 0 Å². The van der Waals surface area contributed by atoms with Gasteiger partial charge in [0.25, 0.3) is 5.91 Å². The second-order valence-electron chi connectivity index (χ2n) is 7.40. The first kappa shape index (κ1) is 22.3. The minimum absolute atomic E-state index is 0.134. The van der Waals surface area contributed by atoms with Gasteiger partial charge in [0.1, 0.15) is 11.5 Å². The predicted molar refractivity (Wildman–Crippen MR) is 117 cm³/mol. The molecule has 0 atom stereocenters. The van der Waals surface area contributed by atoms with Crippen LogP contribution in [0.25, 0.3) is 11.5 Å². The highest BCUT2D eigenvalue weighted by atomic mass is 16.3. The van der Waals surface area contributed by atoms with Crippen LogP contribution in [0.15, 0.2) is 42.9 Å². The number of hydrogen-bond acceptors (Lipinski definition) is 8. The molecule has 3 aromatic heterocycles. The summed E-state index contributed by atoms with van der Waals surface area (Å²) in [6.07, 6.45) is 4.74. The molecule has 9 nitrogen and oxygen atoms in total. The van der Waals surface area contributed by atoms with Crippen molar-refractivity contribution in [2.45, 2.75) is 32.7 Å². The van der Waals surface area contributed by atoms with Gasteiger partial charge in [-0.25, -0.2) is 15.0 Å². The lowest BCUT2D eigenvalue weighted by Crippen LogP contribution is -2.40. The zero-order valence-corrected chi connectivity index (χ0v) is 17.7. The van der Waals surface area contributed by atoms with Crippen molar-refractivity contribution >= 4 is 17.4 Å². The zero-order chi connectivity index (χ0) is 22.4. The average Bonchev–Trinajstić information content (AvgIpc) is 2.77. The second-order valence-corrected chi connectivity index (χ2v) is 7.40. The van der Waals surface area contributed by atoms with Crippen molar-refractivity contribution < 1.29 is 15.0 Å². The molecule has 4 N–H and O–H groups in total. The molecule has 0 aliphatic carbocycles. The number of aliphatic hydroxyl groups excluding tert-OH is 2. The Morgan fingerprint density at radius 1 is 1.10 bits per heavy atom. The number of aliphatic hydroxyl groups is 2. The maximum absolute atomic E-state index is 12.7. The summed E-state index contributed by atoms with van der Waals surface area (Å²) < 4.78 is 0. The first-order chi connectivity index (χ1) is 14.9. The fourth-order valence-corrected chi connectivity index (χ4v) is 2.93. The van der Waals surface area contributed by atoms with E-state index in [0.29, 0.717) is 23.0 Å². The highest BCUT2D eigenvalue weighted by Gasteiger charge is 2.18. The number of nitrogens with one attached hydrogen (secondary N) is 2. The fourth-order valence-electron chi connectivity index (χ4n) is 2.93. The number of aromatic nitrogens is 4. The van der Waals surface area contributed by atoms with Gasteiger partial charge in [-0.05, 0) is 31.0 Å². The Labute approximate surface area is 180 Å². The Kier molecular flexibility index (Phi) is 7.22. The largest absolute Gasteiger partial charge is 0.394 e. The highest BCUT2D eigenvalue weighted by molar-refractivity contribution is 6.00. The van der Waals surface area contributed by atoms with E-state index in [1.165, 1.54) is 6.20 Å². The number of nitrogens with zero attached hydrogens (tertiary/aromatic N) is 4. The first-order valence-corrected chi connectivity index (χ1v) is 9.97. The van der Waals surface area contributed by atoms with Crippen LogP contribution in [0.1, 0.15) is 41.4 Å². The van der Waals surface area contributed by atoms with E-state index >= 15 is 0 Å². The van der Waals surface area contributed by atoms with Gasteiger partial charge in [0, 0.05) is 29.8 Å². The van der Waals surface area contributed by atoms with E-state index in [1.54, 1.807) is 18.5 Å². The topological polar surface area (TPSA) is 133 Å². The van der Waals surface area contributed by atoms with Gasteiger partial charge >= 0.3 is 0 Å². The van der Waals surface area contributed by atoms with Crippen LogP contribution in [-0.4, -0.2) is 55.3 Å². The normalized spacial score (nSPS) is 11.1. The molecule has 162 valence electrons. The third-order valence-corrected chi connectivity index (χ3v) is 4.65. The van der Waals surface area contributed by atoms with Crippen LogP contribution in [-0.2, 0) is 0 Å². The summed E-state index contributed by atoms with van der Waals surface area (Å²) in [6, 6.07) is 6.55. The molecule has 0 aliphatic rings. The lowest BCUT2D eigenvalue weighted by Gasteiger charge is -2.18. The molecule has 3 heterocycles. The Morgan fingerprint density at radius 3 is 2.55 bits per heavy atom. The van der Waals surface area contributed by atoms with E-state index in [4.69, 9.17) is 0 Å². The molecule has 0 unspecified atom stereocenters. The monoisotopic (exact) mass is 422 g/mol. The third-order valence-electron chi connectivity index (χ3n) is 4.65. The number of aryl methyl sites for hydroxylation is 1. The molecule has 0 saturated carbocycles. The molecule has 0 bridgehead atoms. The van der Waals surface area contributed by atoms with Crippen LogP contribution in [0.5, 0.6) is 0 Å². The van der Waals surface area contributed by atoms with Crippen molar-refractivity contribution in [3.8, 4) is 11.5 Å². The molecular weight excluding hydrogens is 396 g/mol. The molecule has 1 amide bonds. The summed E-state index contributed by atoms with van der Waals surface area (Å²) in [5.74, 6) is 0.694. The van der Waals surface area contributed by atoms with Crippen molar-refractivity contribution in [3.05, 3.63) is 59.7 Å². The van der Waals surface area contributed by atoms with Gasteiger partial charge in [0.2, 0.25) is 0 Å². The van der Waals surface area contributed by atoms with Crippen LogP contribution in [0.4, 0.5) is 11.5 Å². The van der Waals surface area contributed by atoms with Crippen LogP contribution >= 0.6 is 0 Å². The minimum Gasteiger partial charge on any atom is -0.394 e. The van der Waals surface area contributed by atoms with E-state index < -0.39 is 11.9 Å². The SMILES string of the molecule is Cc1cccc(-c2ncc(C(C)C)c(Nc3ccncc3C(=O)NC(CO)CO)n2)n1. The van der Waals surface area contributed by atoms with E-state index in [0.717, 1.165) is 11.3 Å². The van der Waals surface area contributed by atoms with Gasteiger partial charge in [-0.15, -0.1) is 0 Å². The van der Waals surface area contributed by atoms with E-state index in [1.807, 2.05) is 39.0 Å². The van der Waals surface area contributed by atoms with E-state index in [-0.39, 0.29) is 24.7 Å². The second kappa shape index (κ2) is 10.1. The minimum atomic E-state index is -0.759. The number of hydrogen-bond donors (Lipinski definition) is 4. The Bertz CT molecular complexity index is 1050. The van der Waals surface area contributed by atoms with Crippen molar-refractivity contribution in [3.63, 3.8) is 0 Å². The van der Waals surface area contributed by atoms with Crippen molar-refractivity contribution in [1.29, 1.82) is 0 Å². The quantitative estimate of drug-likeness (QED) is 0.434. The van der Waals surface area contributed by atoms with Gasteiger partial charge in [-0.2, -0.15) is 0 Å². The number of carbonyl (C=O) groups excluding carboxylic acids is 1. The van der Waals surface area contributed by atoms with Gasteiger partial charge in [-0.1, -0.05) is 19.9 Å². The molecule has 3 aromatic rings. The summed E-state index contributed by atoms with van der Waals surface area (Å²) in [4.78, 5) is 30.3. The third kappa shape index (κ3) is 5.39. The number of carbonyl (C=O) groups is 1. The number of anilines is 2. The van der Waals surface area contributed by atoms with E-state index in [2.05, 4.69) is 30.6 Å². The van der Waals surface area contributed by atoms with Crippen LogP contribution < -0.4 is 10.6 Å². The summed E-state index contributed by atoms with van der Waals surface area (Å²) in [5, 5.41) is 24.3. The number of amides is 1. The maximum atomic E-state index is 12.7. The molecule has 31 heavy (non-hydrogen) atoms. The molecule has 0 aliphatic heterocycles. The van der Waals surface area contributed by atoms with Gasteiger partial charge in [0.15, 0.2) is 5.82 Å². The smallest absolute Gasteiger partial charge is 0.255 e. The molecule has 0 saturated heterocycles. The van der Waals surface area contributed by atoms with Crippen molar-refractivity contribution in [1.82, 2.24) is 25.3 Å². The summed E-state index contributed by atoms with van der Waals surface area (Å²) >= 11 is 0. The standard InChI is InChI=1S/C22H26N6O3/c1-13(2)16-10-24-21(19-6-4-5-14(3)25-19)28-20(16)27-18-7-8-23-9-17(18)22(31)26-15(11-29)12-30/h4-10,13,15,29-30H,11-12H2,1-3H3,(H,26,31)(H,23,24,27,28). The van der Waals surface area contributed by atoms with Crippen LogP contribution in [0, 0.1) is 6.92 Å². The Hall–Kier alpha value is -3.43. The summed E-state index contributed by atoms with van der Waals surface area (Å²) in [7, 11) is 0. The fraction of sp³-hybridized carbons (Fsp3) is 0.318. The lowest BCUT2D eigenvalue weighted by atomic mass is 10.1. The van der Waals surface area contributed by atoms with Crippen LogP contribution in [0.2, 0.25) is 0 Å². The highest BCUT2D eigenvalue weighted by Crippen LogP contribution is 2.28. The van der Waals surface area contributed by atoms with Crippen molar-refractivity contribution in [2.75, 3.05) is 18.5 Å². The molecular formula is C22H26N6O3. The maximum Gasteiger partial charge on any atom is 0.255 e.